The third-order valence-corrected chi connectivity index (χ3v) is 7.00. The fourth-order valence-electron chi connectivity index (χ4n) is 4.18. The number of hydrogen-bond acceptors (Lipinski definition) is 5. The summed E-state index contributed by atoms with van der Waals surface area (Å²) in [5, 5.41) is 4.12. The van der Waals surface area contributed by atoms with Crippen LogP contribution in [0.25, 0.3) is 11.1 Å². The fourth-order valence-corrected chi connectivity index (χ4v) is 5.31. The van der Waals surface area contributed by atoms with E-state index in [0.29, 0.717) is 30.2 Å². The maximum atomic E-state index is 13.2. The summed E-state index contributed by atoms with van der Waals surface area (Å²) < 4.78 is 5.52. The van der Waals surface area contributed by atoms with Crippen LogP contribution in [0.3, 0.4) is 0 Å². The molecule has 3 aromatic rings. The summed E-state index contributed by atoms with van der Waals surface area (Å²) >= 11 is 1.51. The van der Waals surface area contributed by atoms with Gasteiger partial charge in [0, 0.05) is 43.0 Å². The van der Waals surface area contributed by atoms with Gasteiger partial charge < -0.3 is 19.9 Å². The van der Waals surface area contributed by atoms with Crippen LogP contribution in [0.15, 0.2) is 60.7 Å². The molecule has 2 amide bonds. The molecule has 6 nitrogen and oxygen atoms in total. The van der Waals surface area contributed by atoms with E-state index < -0.39 is 0 Å². The molecule has 7 heteroatoms. The summed E-state index contributed by atoms with van der Waals surface area (Å²) in [5.41, 5.74) is 3.68. The number of amides is 2. The molecule has 0 radical (unpaired) electrons. The molecule has 0 spiro atoms. The number of hydrogen-bond donors (Lipinski definition) is 1. The van der Waals surface area contributed by atoms with Crippen molar-refractivity contribution in [2.24, 2.45) is 0 Å². The van der Waals surface area contributed by atoms with E-state index in [4.69, 9.17) is 4.74 Å². The van der Waals surface area contributed by atoms with E-state index in [9.17, 15) is 9.59 Å². The van der Waals surface area contributed by atoms with Crippen molar-refractivity contribution in [2.75, 3.05) is 48.0 Å². The summed E-state index contributed by atoms with van der Waals surface area (Å²) in [6.07, 6.45) is 1.45. The predicted molar refractivity (Wildman–Crippen MR) is 129 cm³/mol. The SMILES string of the molecule is O=C(Nc1cccc(N2CCCC2=O)c1)c1cc(-c2ccccc2)c(N2CCOCC2)s1. The van der Waals surface area contributed by atoms with E-state index in [2.05, 4.69) is 22.3 Å². The van der Waals surface area contributed by atoms with Crippen molar-refractivity contribution >= 4 is 39.5 Å². The highest BCUT2D eigenvalue weighted by molar-refractivity contribution is 7.18. The van der Waals surface area contributed by atoms with Gasteiger partial charge in [0.1, 0.15) is 0 Å². The summed E-state index contributed by atoms with van der Waals surface area (Å²) in [5.74, 6) is -0.00835. The Labute approximate surface area is 191 Å². The Morgan fingerprint density at radius 3 is 2.53 bits per heavy atom. The molecule has 2 fully saturated rings. The third kappa shape index (κ3) is 4.26. The second kappa shape index (κ2) is 9.14. The van der Waals surface area contributed by atoms with Gasteiger partial charge in [-0.05, 0) is 36.2 Å². The lowest BCUT2D eigenvalue weighted by Crippen LogP contribution is -2.35. The normalized spacial score (nSPS) is 16.4. The predicted octanol–water partition coefficient (Wildman–Crippen LogP) is 4.63. The first-order valence-electron chi connectivity index (χ1n) is 10.9. The van der Waals surface area contributed by atoms with E-state index in [1.807, 2.05) is 48.5 Å². The van der Waals surface area contributed by atoms with Gasteiger partial charge in [0.05, 0.1) is 23.1 Å². The average molecular weight is 448 g/mol. The van der Waals surface area contributed by atoms with Crippen LogP contribution in [-0.4, -0.2) is 44.7 Å². The van der Waals surface area contributed by atoms with Crippen molar-refractivity contribution in [3.05, 3.63) is 65.5 Å². The zero-order valence-electron chi connectivity index (χ0n) is 17.8. The van der Waals surface area contributed by atoms with Crippen molar-refractivity contribution in [1.29, 1.82) is 0 Å². The smallest absolute Gasteiger partial charge is 0.265 e. The van der Waals surface area contributed by atoms with Crippen molar-refractivity contribution < 1.29 is 14.3 Å². The van der Waals surface area contributed by atoms with Crippen LogP contribution in [0.5, 0.6) is 0 Å². The Kier molecular flexibility index (Phi) is 5.92. The van der Waals surface area contributed by atoms with Crippen LogP contribution < -0.4 is 15.1 Å². The Balaban J connectivity index is 1.41. The fraction of sp³-hybridized carbons (Fsp3) is 0.280. The maximum absolute atomic E-state index is 13.2. The van der Waals surface area contributed by atoms with E-state index in [-0.39, 0.29) is 11.8 Å². The molecule has 2 saturated heterocycles. The molecule has 3 heterocycles. The van der Waals surface area contributed by atoms with Crippen LogP contribution in [-0.2, 0) is 9.53 Å². The highest BCUT2D eigenvalue weighted by Gasteiger charge is 2.23. The van der Waals surface area contributed by atoms with Crippen LogP contribution in [0, 0.1) is 0 Å². The number of anilines is 3. The second-order valence-corrected chi connectivity index (χ2v) is 8.98. The molecule has 1 N–H and O–H groups in total. The quantitative estimate of drug-likeness (QED) is 0.619. The molecule has 5 rings (SSSR count). The Hall–Kier alpha value is -3.16. The van der Waals surface area contributed by atoms with Gasteiger partial charge in [0.2, 0.25) is 5.91 Å². The topological polar surface area (TPSA) is 61.9 Å². The first-order valence-corrected chi connectivity index (χ1v) is 11.7. The molecular formula is C25H25N3O3S. The highest BCUT2D eigenvalue weighted by atomic mass is 32.1. The van der Waals surface area contributed by atoms with Crippen molar-refractivity contribution in [3.63, 3.8) is 0 Å². The lowest BCUT2D eigenvalue weighted by Gasteiger charge is -2.28. The largest absolute Gasteiger partial charge is 0.378 e. The summed E-state index contributed by atoms with van der Waals surface area (Å²) in [7, 11) is 0. The Bertz CT molecular complexity index is 1120. The van der Waals surface area contributed by atoms with Crippen LogP contribution in [0.4, 0.5) is 16.4 Å². The summed E-state index contributed by atoms with van der Waals surface area (Å²) in [6.45, 7) is 3.73. The molecule has 2 aliphatic rings. The van der Waals surface area contributed by atoms with E-state index in [1.165, 1.54) is 11.3 Å². The van der Waals surface area contributed by atoms with Gasteiger partial charge in [-0.2, -0.15) is 0 Å². The van der Waals surface area contributed by atoms with Crippen LogP contribution in [0.2, 0.25) is 0 Å². The molecule has 2 aromatic carbocycles. The first-order chi connectivity index (χ1) is 15.7. The van der Waals surface area contributed by atoms with Gasteiger partial charge in [-0.3, -0.25) is 9.59 Å². The number of nitrogens with zero attached hydrogens (tertiary/aromatic N) is 2. The van der Waals surface area contributed by atoms with Crippen LogP contribution in [0.1, 0.15) is 22.5 Å². The third-order valence-electron chi connectivity index (χ3n) is 5.81. The van der Waals surface area contributed by atoms with Gasteiger partial charge >= 0.3 is 0 Å². The number of benzene rings is 2. The number of nitrogens with one attached hydrogen (secondary N) is 1. The molecule has 0 unspecified atom stereocenters. The van der Waals surface area contributed by atoms with E-state index in [0.717, 1.165) is 47.9 Å². The van der Waals surface area contributed by atoms with Gasteiger partial charge in [-0.1, -0.05) is 36.4 Å². The monoisotopic (exact) mass is 447 g/mol. The molecule has 0 saturated carbocycles. The minimum Gasteiger partial charge on any atom is -0.378 e. The van der Waals surface area contributed by atoms with Gasteiger partial charge in [-0.25, -0.2) is 0 Å². The number of carbonyl (C=O) groups excluding carboxylic acids is 2. The zero-order valence-corrected chi connectivity index (χ0v) is 18.6. The Morgan fingerprint density at radius 1 is 0.969 bits per heavy atom. The summed E-state index contributed by atoms with van der Waals surface area (Å²) in [4.78, 5) is 30.0. The first kappa shape index (κ1) is 20.7. The maximum Gasteiger partial charge on any atom is 0.265 e. The van der Waals surface area contributed by atoms with Gasteiger partial charge in [-0.15, -0.1) is 11.3 Å². The molecule has 0 atom stereocenters. The standard InChI is InChI=1S/C25H25N3O3S/c29-23-10-5-11-28(23)20-9-4-8-19(16-20)26-24(30)22-17-21(18-6-2-1-3-7-18)25(32-22)27-12-14-31-15-13-27/h1-4,6-9,16-17H,5,10-15H2,(H,26,30). The average Bonchev–Trinajstić information content (AvgIpc) is 3.47. The molecular weight excluding hydrogens is 422 g/mol. The highest BCUT2D eigenvalue weighted by Crippen LogP contribution is 2.39. The van der Waals surface area contributed by atoms with Crippen molar-refractivity contribution in [1.82, 2.24) is 0 Å². The van der Waals surface area contributed by atoms with Gasteiger partial charge in [0.25, 0.3) is 5.91 Å². The zero-order chi connectivity index (χ0) is 21.9. The number of ether oxygens (including phenoxy) is 1. The molecule has 0 aliphatic carbocycles. The van der Waals surface area contributed by atoms with Crippen LogP contribution >= 0.6 is 11.3 Å². The molecule has 1 aromatic heterocycles. The van der Waals surface area contributed by atoms with Crippen molar-refractivity contribution in [2.45, 2.75) is 12.8 Å². The molecule has 32 heavy (non-hydrogen) atoms. The van der Waals surface area contributed by atoms with E-state index >= 15 is 0 Å². The molecule has 2 aliphatic heterocycles. The molecule has 0 bridgehead atoms. The number of rotatable bonds is 5. The Morgan fingerprint density at radius 2 is 1.78 bits per heavy atom. The second-order valence-electron chi connectivity index (χ2n) is 7.95. The van der Waals surface area contributed by atoms with E-state index in [1.54, 1.807) is 4.90 Å². The summed E-state index contributed by atoms with van der Waals surface area (Å²) in [6, 6.07) is 19.7. The minimum absolute atomic E-state index is 0.134. The number of carbonyl (C=O) groups is 2. The number of thiophene rings is 1. The van der Waals surface area contributed by atoms with Gasteiger partial charge in [0.15, 0.2) is 0 Å². The van der Waals surface area contributed by atoms with Crippen molar-refractivity contribution in [3.8, 4) is 11.1 Å². The lowest BCUT2D eigenvalue weighted by molar-refractivity contribution is -0.117. The minimum atomic E-state index is -0.142. The lowest BCUT2D eigenvalue weighted by atomic mass is 10.1. The molecule has 164 valence electrons. The number of morpholine rings is 1.